The van der Waals surface area contributed by atoms with Crippen molar-refractivity contribution in [3.05, 3.63) is 29.3 Å². The molecule has 0 saturated carbocycles. The summed E-state index contributed by atoms with van der Waals surface area (Å²) in [5.41, 5.74) is 1.16. The number of aromatic carboxylic acids is 1. The smallest absolute Gasteiger partial charge is 0.335 e. The van der Waals surface area contributed by atoms with Gasteiger partial charge in [-0.3, -0.25) is 0 Å². The Bertz CT molecular complexity index is 495. The van der Waals surface area contributed by atoms with Crippen LogP contribution in [0, 0.1) is 6.92 Å². The van der Waals surface area contributed by atoms with Gasteiger partial charge in [-0.15, -0.1) is 0 Å². The van der Waals surface area contributed by atoms with E-state index in [1.807, 2.05) is 27.7 Å². The molecule has 0 unspecified atom stereocenters. The molecule has 0 aliphatic rings. The molecule has 1 aromatic rings. The molecule has 104 valence electrons. The van der Waals surface area contributed by atoms with Gasteiger partial charge in [-0.2, -0.15) is 0 Å². The lowest BCUT2D eigenvalue weighted by atomic mass is 10.0. The second-order valence-corrected chi connectivity index (χ2v) is 5.15. The van der Waals surface area contributed by atoms with Crippen LogP contribution in [-0.2, 0) is 0 Å². The zero-order valence-electron chi connectivity index (χ0n) is 11.7. The fourth-order valence-corrected chi connectivity index (χ4v) is 1.44. The van der Waals surface area contributed by atoms with Crippen molar-refractivity contribution >= 4 is 17.7 Å². The van der Waals surface area contributed by atoms with Crippen LogP contribution in [0.4, 0.5) is 10.5 Å². The van der Waals surface area contributed by atoms with Crippen LogP contribution in [0.1, 0.15) is 43.1 Å². The quantitative estimate of drug-likeness (QED) is 0.782. The third kappa shape index (κ3) is 4.28. The summed E-state index contributed by atoms with van der Waals surface area (Å²) < 4.78 is 0. The largest absolute Gasteiger partial charge is 0.478 e. The monoisotopic (exact) mass is 264 g/mol. The van der Waals surface area contributed by atoms with Gasteiger partial charge in [-0.25, -0.2) is 9.59 Å². The molecular weight excluding hydrogens is 244 g/mol. The van der Waals surface area contributed by atoms with Gasteiger partial charge in [0.2, 0.25) is 0 Å². The zero-order chi connectivity index (χ0) is 14.6. The predicted octanol–water partition coefficient (Wildman–Crippen LogP) is 3.00. The number of nitrogens with one attached hydrogen (secondary N) is 2. The van der Waals surface area contributed by atoms with Gasteiger partial charge in [-0.1, -0.05) is 13.0 Å². The van der Waals surface area contributed by atoms with Crippen molar-refractivity contribution in [3.8, 4) is 0 Å². The minimum Gasteiger partial charge on any atom is -0.478 e. The molecule has 0 aromatic heterocycles. The maximum Gasteiger partial charge on any atom is 0.335 e. The van der Waals surface area contributed by atoms with Crippen LogP contribution < -0.4 is 10.6 Å². The highest BCUT2D eigenvalue weighted by Gasteiger charge is 2.18. The fourth-order valence-electron chi connectivity index (χ4n) is 1.44. The van der Waals surface area contributed by atoms with E-state index >= 15 is 0 Å². The van der Waals surface area contributed by atoms with E-state index in [1.165, 1.54) is 12.1 Å². The number of amides is 2. The molecule has 3 N–H and O–H groups in total. The standard InChI is InChI=1S/C14H20N2O3/c1-5-14(3,4)16-13(19)15-11-8-10(12(17)18)7-6-9(11)2/h6-8H,5H2,1-4H3,(H,17,18)(H2,15,16,19). The van der Waals surface area contributed by atoms with Gasteiger partial charge in [0.1, 0.15) is 0 Å². The molecule has 0 aliphatic carbocycles. The topological polar surface area (TPSA) is 78.4 Å². The highest BCUT2D eigenvalue weighted by molar-refractivity contribution is 5.94. The van der Waals surface area contributed by atoms with Gasteiger partial charge in [0.25, 0.3) is 0 Å². The normalized spacial score (nSPS) is 10.9. The molecule has 5 nitrogen and oxygen atoms in total. The second-order valence-electron chi connectivity index (χ2n) is 5.15. The van der Waals surface area contributed by atoms with Crippen molar-refractivity contribution in [1.82, 2.24) is 5.32 Å². The van der Waals surface area contributed by atoms with Gasteiger partial charge in [0.15, 0.2) is 0 Å². The van der Waals surface area contributed by atoms with Crippen LogP contribution in [-0.4, -0.2) is 22.6 Å². The highest BCUT2D eigenvalue weighted by atomic mass is 16.4. The first-order valence-corrected chi connectivity index (χ1v) is 6.18. The molecule has 0 spiro atoms. The third-order valence-corrected chi connectivity index (χ3v) is 3.07. The number of carboxylic acids is 1. The van der Waals surface area contributed by atoms with E-state index in [2.05, 4.69) is 10.6 Å². The van der Waals surface area contributed by atoms with Gasteiger partial charge in [0, 0.05) is 11.2 Å². The molecule has 1 rings (SSSR count). The Hall–Kier alpha value is -2.04. The van der Waals surface area contributed by atoms with Crippen LogP contribution in [0.25, 0.3) is 0 Å². The molecule has 0 heterocycles. The summed E-state index contributed by atoms with van der Waals surface area (Å²) in [6.45, 7) is 7.64. The molecular formula is C14H20N2O3. The summed E-state index contributed by atoms with van der Waals surface area (Å²) in [5.74, 6) is -1.02. The van der Waals surface area contributed by atoms with Gasteiger partial charge < -0.3 is 15.7 Å². The number of hydrogen-bond donors (Lipinski definition) is 3. The van der Waals surface area contributed by atoms with Crippen molar-refractivity contribution in [2.45, 2.75) is 39.7 Å². The number of anilines is 1. The Morgan fingerprint density at radius 2 is 1.95 bits per heavy atom. The van der Waals surface area contributed by atoms with E-state index in [-0.39, 0.29) is 17.1 Å². The van der Waals surface area contributed by atoms with Crippen molar-refractivity contribution in [1.29, 1.82) is 0 Å². The van der Waals surface area contributed by atoms with Crippen LogP contribution in [0.2, 0.25) is 0 Å². The molecule has 2 amide bonds. The van der Waals surface area contributed by atoms with Crippen molar-refractivity contribution < 1.29 is 14.7 Å². The van der Waals surface area contributed by atoms with Crippen LogP contribution in [0.3, 0.4) is 0 Å². The first-order chi connectivity index (χ1) is 8.75. The molecule has 1 aromatic carbocycles. The lowest BCUT2D eigenvalue weighted by Crippen LogP contribution is -2.45. The number of carbonyl (C=O) groups excluding carboxylic acids is 1. The number of benzene rings is 1. The van der Waals surface area contributed by atoms with E-state index in [1.54, 1.807) is 6.07 Å². The third-order valence-electron chi connectivity index (χ3n) is 3.07. The van der Waals surface area contributed by atoms with E-state index < -0.39 is 5.97 Å². The number of carbonyl (C=O) groups is 2. The molecule has 19 heavy (non-hydrogen) atoms. The maximum absolute atomic E-state index is 11.9. The first kappa shape index (κ1) is 15.0. The average Bonchev–Trinajstić information content (AvgIpc) is 2.31. The second kappa shape index (κ2) is 5.73. The number of aryl methyl sites for hydroxylation is 1. The van der Waals surface area contributed by atoms with Gasteiger partial charge >= 0.3 is 12.0 Å². The highest BCUT2D eigenvalue weighted by Crippen LogP contribution is 2.17. The lowest BCUT2D eigenvalue weighted by Gasteiger charge is -2.24. The summed E-state index contributed by atoms with van der Waals surface area (Å²) in [6.07, 6.45) is 0.800. The number of carboxylic acid groups (broad SMARTS) is 1. The summed E-state index contributed by atoms with van der Waals surface area (Å²) in [6, 6.07) is 4.30. The minimum atomic E-state index is -1.02. The van der Waals surface area contributed by atoms with Gasteiger partial charge in [0.05, 0.1) is 5.56 Å². The molecule has 0 radical (unpaired) electrons. The number of urea groups is 1. The van der Waals surface area contributed by atoms with E-state index in [0.29, 0.717) is 5.69 Å². The molecule has 0 atom stereocenters. The summed E-state index contributed by atoms with van der Waals surface area (Å²) in [4.78, 5) is 22.7. The van der Waals surface area contributed by atoms with Crippen LogP contribution in [0.5, 0.6) is 0 Å². The predicted molar refractivity (Wildman–Crippen MR) is 74.7 cm³/mol. The zero-order valence-corrected chi connectivity index (χ0v) is 11.7. The minimum absolute atomic E-state index is 0.149. The lowest BCUT2D eigenvalue weighted by molar-refractivity contribution is 0.0697. The number of rotatable bonds is 4. The Kier molecular flexibility index (Phi) is 4.53. The van der Waals surface area contributed by atoms with Crippen molar-refractivity contribution in [2.75, 3.05) is 5.32 Å². The van der Waals surface area contributed by atoms with Crippen molar-refractivity contribution in [3.63, 3.8) is 0 Å². The number of hydrogen-bond acceptors (Lipinski definition) is 2. The molecule has 0 aliphatic heterocycles. The van der Waals surface area contributed by atoms with E-state index in [9.17, 15) is 9.59 Å². The summed E-state index contributed by atoms with van der Waals surface area (Å²) in [5, 5.41) is 14.4. The molecule has 5 heteroatoms. The Balaban J connectivity index is 2.84. The Morgan fingerprint density at radius 3 is 2.47 bits per heavy atom. The average molecular weight is 264 g/mol. The summed E-state index contributed by atoms with van der Waals surface area (Å²) in [7, 11) is 0. The fraction of sp³-hybridized carbons (Fsp3) is 0.429. The molecule has 0 fully saturated rings. The first-order valence-electron chi connectivity index (χ1n) is 6.18. The van der Waals surface area contributed by atoms with Gasteiger partial charge in [-0.05, 0) is 44.9 Å². The van der Waals surface area contributed by atoms with Crippen molar-refractivity contribution in [2.24, 2.45) is 0 Å². The Labute approximate surface area is 113 Å². The van der Waals surface area contributed by atoms with Crippen LogP contribution >= 0.6 is 0 Å². The Morgan fingerprint density at radius 1 is 1.32 bits per heavy atom. The maximum atomic E-state index is 11.9. The summed E-state index contributed by atoms with van der Waals surface area (Å²) >= 11 is 0. The van der Waals surface area contributed by atoms with E-state index in [0.717, 1.165) is 12.0 Å². The SMILES string of the molecule is CCC(C)(C)NC(=O)Nc1cc(C(=O)O)ccc1C. The van der Waals surface area contributed by atoms with Crippen LogP contribution in [0.15, 0.2) is 18.2 Å². The molecule has 0 bridgehead atoms. The molecule has 0 saturated heterocycles. The van der Waals surface area contributed by atoms with E-state index in [4.69, 9.17) is 5.11 Å².